The molecular weight excluding hydrogens is 457 g/mol. The van der Waals surface area contributed by atoms with E-state index in [-0.39, 0.29) is 18.6 Å². The van der Waals surface area contributed by atoms with Gasteiger partial charge < -0.3 is 14.8 Å². The third-order valence-corrected chi connectivity index (χ3v) is 5.41. The minimum atomic E-state index is -4.49. The second-order valence-corrected chi connectivity index (χ2v) is 8.02. The molecule has 0 saturated heterocycles. The lowest BCUT2D eigenvalue weighted by atomic mass is 9.98. The molecule has 0 aromatic heterocycles. The Labute approximate surface area is 203 Å². The third-order valence-electron chi connectivity index (χ3n) is 5.41. The maximum absolute atomic E-state index is 12.6. The number of methoxy groups -OCH3 is 1. The summed E-state index contributed by atoms with van der Waals surface area (Å²) in [6, 6.07) is 14.9. The van der Waals surface area contributed by atoms with Crippen molar-refractivity contribution in [3.8, 4) is 29.5 Å². The minimum absolute atomic E-state index is 0.112. The van der Waals surface area contributed by atoms with Gasteiger partial charge >= 0.3 is 6.18 Å². The number of nitriles is 1. The van der Waals surface area contributed by atoms with Crippen LogP contribution in [-0.4, -0.2) is 38.4 Å². The van der Waals surface area contributed by atoms with Gasteiger partial charge in [-0.05, 0) is 55.5 Å². The van der Waals surface area contributed by atoms with E-state index < -0.39 is 18.6 Å². The van der Waals surface area contributed by atoms with Crippen LogP contribution in [-0.2, 0) is 0 Å². The van der Waals surface area contributed by atoms with Crippen LogP contribution < -0.4 is 20.1 Å². The number of alkyl halides is 3. The van der Waals surface area contributed by atoms with Gasteiger partial charge in [0.05, 0.1) is 19.1 Å². The van der Waals surface area contributed by atoms with Crippen molar-refractivity contribution in [3.05, 3.63) is 59.7 Å². The Kier molecular flexibility index (Phi) is 9.25. The average Bonchev–Trinajstić information content (AvgIpc) is 3.35. The zero-order chi connectivity index (χ0) is 25.1. The Bertz CT molecular complexity index is 1100. The van der Waals surface area contributed by atoms with E-state index in [1.54, 1.807) is 19.4 Å². The van der Waals surface area contributed by atoms with Crippen LogP contribution in [0.2, 0.25) is 0 Å². The van der Waals surface area contributed by atoms with Crippen molar-refractivity contribution in [3.63, 3.8) is 0 Å². The molecule has 0 bridgehead atoms. The van der Waals surface area contributed by atoms with Crippen molar-refractivity contribution in [1.82, 2.24) is 10.6 Å². The molecule has 3 rings (SSSR count). The first kappa shape index (κ1) is 25.8. The smallest absolute Gasteiger partial charge is 0.408 e. The largest absolute Gasteiger partial charge is 0.493 e. The lowest BCUT2D eigenvalue weighted by molar-refractivity contribution is -0.118. The molecule has 1 atom stereocenters. The summed E-state index contributed by atoms with van der Waals surface area (Å²) in [5, 5.41) is 13.9. The molecule has 0 amide bonds. The van der Waals surface area contributed by atoms with Gasteiger partial charge in [0.25, 0.3) is 0 Å². The summed E-state index contributed by atoms with van der Waals surface area (Å²) in [6.07, 6.45) is 1.43. The fraction of sp³-hybridized carbons (Fsp3) is 0.385. The summed E-state index contributed by atoms with van der Waals surface area (Å²) in [4.78, 5) is 3.44. The van der Waals surface area contributed by atoms with Crippen LogP contribution in [0.25, 0.3) is 0 Å². The zero-order valence-electron chi connectivity index (χ0n) is 19.4. The maximum atomic E-state index is 12.6. The van der Waals surface area contributed by atoms with Crippen molar-refractivity contribution in [1.29, 1.82) is 5.26 Å². The predicted octanol–water partition coefficient (Wildman–Crippen LogP) is 4.73. The number of hydrogen-bond acceptors (Lipinski definition) is 4. The van der Waals surface area contributed by atoms with Gasteiger partial charge in [-0.1, -0.05) is 36.1 Å². The Hall–Kier alpha value is -3.85. The second kappa shape index (κ2) is 12.6. The van der Waals surface area contributed by atoms with E-state index >= 15 is 0 Å². The Morgan fingerprint density at radius 2 is 1.89 bits per heavy atom. The molecule has 184 valence electrons. The molecule has 1 unspecified atom stereocenters. The summed E-state index contributed by atoms with van der Waals surface area (Å²) >= 11 is 0. The SMILES string of the molecule is COc1ccc(C(C#Cc2ccccc2)CNC(=NCC(F)(F)F)NC#N)cc1OC1CCCC1. The molecule has 6 nitrogen and oxygen atoms in total. The number of guanidine groups is 1. The lowest BCUT2D eigenvalue weighted by Gasteiger charge is -2.19. The van der Waals surface area contributed by atoms with Crippen molar-refractivity contribution in [2.45, 2.75) is 43.9 Å². The van der Waals surface area contributed by atoms with E-state index in [1.165, 1.54) is 0 Å². The first-order chi connectivity index (χ1) is 16.9. The molecule has 0 spiro atoms. The number of benzene rings is 2. The number of hydrogen-bond donors (Lipinski definition) is 2. The predicted molar refractivity (Wildman–Crippen MR) is 127 cm³/mol. The Balaban J connectivity index is 1.88. The van der Waals surface area contributed by atoms with E-state index in [0.29, 0.717) is 11.5 Å². The molecular formula is C26H27F3N4O2. The van der Waals surface area contributed by atoms with Crippen LogP contribution in [0.15, 0.2) is 53.5 Å². The highest BCUT2D eigenvalue weighted by atomic mass is 19.4. The first-order valence-corrected chi connectivity index (χ1v) is 11.3. The second-order valence-electron chi connectivity index (χ2n) is 8.02. The average molecular weight is 485 g/mol. The summed E-state index contributed by atoms with van der Waals surface area (Å²) in [7, 11) is 1.57. The van der Waals surface area contributed by atoms with Crippen LogP contribution in [0.1, 0.15) is 42.7 Å². The molecule has 2 aromatic rings. The number of nitrogens with zero attached hydrogens (tertiary/aromatic N) is 2. The highest BCUT2D eigenvalue weighted by Gasteiger charge is 2.27. The van der Waals surface area contributed by atoms with Gasteiger partial charge in [0.1, 0.15) is 6.54 Å². The number of halogens is 3. The van der Waals surface area contributed by atoms with E-state index in [0.717, 1.165) is 36.8 Å². The van der Waals surface area contributed by atoms with Gasteiger partial charge in [0, 0.05) is 12.1 Å². The van der Waals surface area contributed by atoms with Crippen LogP contribution in [0.3, 0.4) is 0 Å². The first-order valence-electron chi connectivity index (χ1n) is 11.3. The summed E-state index contributed by atoms with van der Waals surface area (Å²) in [5.41, 5.74) is 1.59. The number of rotatable bonds is 7. The fourth-order valence-electron chi connectivity index (χ4n) is 3.69. The van der Waals surface area contributed by atoms with Crippen molar-refractivity contribution in [2.24, 2.45) is 4.99 Å². The van der Waals surface area contributed by atoms with Gasteiger partial charge in [-0.2, -0.15) is 18.4 Å². The Morgan fingerprint density at radius 1 is 1.14 bits per heavy atom. The normalized spacial score (nSPS) is 14.9. The van der Waals surface area contributed by atoms with Crippen LogP contribution in [0, 0.1) is 23.3 Å². The van der Waals surface area contributed by atoms with Gasteiger partial charge in [-0.3, -0.25) is 5.32 Å². The number of aliphatic imine (C=N–C) groups is 1. The van der Waals surface area contributed by atoms with E-state index in [9.17, 15) is 13.2 Å². The van der Waals surface area contributed by atoms with Crippen LogP contribution >= 0.6 is 0 Å². The van der Waals surface area contributed by atoms with Crippen LogP contribution in [0.5, 0.6) is 11.5 Å². The molecule has 1 fully saturated rings. The van der Waals surface area contributed by atoms with Gasteiger partial charge in [-0.25, -0.2) is 4.99 Å². The molecule has 0 radical (unpaired) electrons. The molecule has 35 heavy (non-hydrogen) atoms. The van der Waals surface area contributed by atoms with E-state index in [2.05, 4.69) is 27.5 Å². The van der Waals surface area contributed by atoms with E-state index in [4.69, 9.17) is 14.7 Å². The highest BCUT2D eigenvalue weighted by molar-refractivity contribution is 5.81. The molecule has 1 aliphatic carbocycles. The minimum Gasteiger partial charge on any atom is -0.493 e. The van der Waals surface area contributed by atoms with Crippen molar-refractivity contribution < 1.29 is 22.6 Å². The zero-order valence-corrected chi connectivity index (χ0v) is 19.4. The van der Waals surface area contributed by atoms with Crippen molar-refractivity contribution >= 4 is 5.96 Å². The topological polar surface area (TPSA) is 78.7 Å². The molecule has 1 saturated carbocycles. The summed E-state index contributed by atoms with van der Waals surface area (Å²) in [5.74, 6) is 6.78. The molecule has 2 aromatic carbocycles. The number of nitrogens with one attached hydrogen (secondary N) is 2. The summed E-state index contributed by atoms with van der Waals surface area (Å²) < 4.78 is 49.5. The fourth-order valence-corrected chi connectivity index (χ4v) is 3.69. The molecule has 0 aliphatic heterocycles. The van der Waals surface area contributed by atoms with Crippen LogP contribution in [0.4, 0.5) is 13.2 Å². The highest BCUT2D eigenvalue weighted by Crippen LogP contribution is 2.34. The number of ether oxygens (including phenoxy) is 2. The summed E-state index contributed by atoms with van der Waals surface area (Å²) in [6.45, 7) is -1.30. The monoisotopic (exact) mass is 484 g/mol. The van der Waals surface area contributed by atoms with Crippen molar-refractivity contribution in [2.75, 3.05) is 20.2 Å². The standard InChI is InChI=1S/C26H27F3N4O2/c1-34-23-14-13-20(15-24(23)35-22-9-5-6-10-22)21(12-11-19-7-3-2-4-8-19)16-31-25(33-18-30)32-17-26(27,28)29/h2-4,7-8,13-15,21-22H,5-6,9-10,16-17H2,1H3,(H2,31,32,33). The molecule has 2 N–H and O–H groups in total. The molecule has 0 heterocycles. The quantitative estimate of drug-likeness (QED) is 0.195. The van der Waals surface area contributed by atoms with Gasteiger partial charge in [0.2, 0.25) is 5.96 Å². The van der Waals surface area contributed by atoms with E-state index in [1.807, 2.05) is 42.5 Å². The Morgan fingerprint density at radius 3 is 2.54 bits per heavy atom. The third kappa shape index (κ3) is 8.46. The van der Waals surface area contributed by atoms with Gasteiger partial charge in [0.15, 0.2) is 17.7 Å². The molecule has 9 heteroatoms. The van der Waals surface area contributed by atoms with Gasteiger partial charge in [-0.15, -0.1) is 0 Å². The maximum Gasteiger partial charge on any atom is 0.408 e. The lowest BCUT2D eigenvalue weighted by Crippen LogP contribution is -2.38. The molecule has 1 aliphatic rings.